The van der Waals surface area contributed by atoms with Crippen molar-refractivity contribution in [3.05, 3.63) is 65.0 Å². The Kier molecular flexibility index (Phi) is 2.79. The molecule has 1 aliphatic carbocycles. The Balaban J connectivity index is 2.18. The molecule has 0 heterocycles. The highest BCUT2D eigenvalue weighted by Gasteiger charge is 2.38. The van der Waals surface area contributed by atoms with Crippen molar-refractivity contribution in [3.63, 3.8) is 0 Å². The summed E-state index contributed by atoms with van der Waals surface area (Å²) in [7, 11) is 1.47. The van der Waals surface area contributed by atoms with E-state index < -0.39 is 5.54 Å². The van der Waals surface area contributed by atoms with E-state index in [-0.39, 0.29) is 11.6 Å². The first kappa shape index (κ1) is 12.2. The van der Waals surface area contributed by atoms with Crippen LogP contribution in [-0.4, -0.2) is 7.11 Å². The molecule has 2 aromatic carbocycles. The Morgan fingerprint density at radius 3 is 2.63 bits per heavy atom. The van der Waals surface area contributed by atoms with E-state index in [0.29, 0.717) is 5.56 Å². The number of benzene rings is 2. The van der Waals surface area contributed by atoms with Gasteiger partial charge in [-0.25, -0.2) is 4.39 Å². The molecule has 0 aliphatic heterocycles. The van der Waals surface area contributed by atoms with Crippen LogP contribution in [0.1, 0.15) is 23.1 Å². The van der Waals surface area contributed by atoms with Gasteiger partial charge in [0.25, 0.3) is 0 Å². The van der Waals surface area contributed by atoms with Crippen LogP contribution in [0.5, 0.6) is 5.75 Å². The first-order valence-corrected chi connectivity index (χ1v) is 6.37. The maximum Gasteiger partial charge on any atom is 0.170 e. The average Bonchev–Trinajstić information content (AvgIpc) is 2.78. The zero-order valence-corrected chi connectivity index (χ0v) is 10.8. The molecule has 0 saturated heterocycles. The summed E-state index contributed by atoms with van der Waals surface area (Å²) in [4.78, 5) is 0. The van der Waals surface area contributed by atoms with Gasteiger partial charge in [-0.2, -0.15) is 0 Å². The van der Waals surface area contributed by atoms with Crippen molar-refractivity contribution in [1.82, 2.24) is 0 Å². The molecular formula is C16H16FNO. The van der Waals surface area contributed by atoms with Crippen LogP contribution in [0.3, 0.4) is 0 Å². The summed E-state index contributed by atoms with van der Waals surface area (Å²) in [5, 5.41) is 0. The van der Waals surface area contributed by atoms with Crippen LogP contribution in [0.25, 0.3) is 0 Å². The predicted octanol–water partition coefficient (Wildman–Crippen LogP) is 2.98. The number of rotatable bonds is 2. The molecule has 1 aliphatic rings. The van der Waals surface area contributed by atoms with Gasteiger partial charge in [-0.05, 0) is 30.0 Å². The second-order valence-electron chi connectivity index (χ2n) is 4.95. The Bertz CT molecular complexity index is 626. The van der Waals surface area contributed by atoms with Gasteiger partial charge in [-0.15, -0.1) is 0 Å². The number of halogens is 1. The molecule has 2 N–H and O–H groups in total. The lowest BCUT2D eigenvalue weighted by Gasteiger charge is -2.27. The molecule has 0 saturated carbocycles. The molecule has 1 atom stereocenters. The van der Waals surface area contributed by atoms with Gasteiger partial charge >= 0.3 is 0 Å². The number of fused-ring (bicyclic) bond motifs is 1. The highest BCUT2D eigenvalue weighted by atomic mass is 19.1. The zero-order chi connectivity index (χ0) is 13.5. The second kappa shape index (κ2) is 4.35. The van der Waals surface area contributed by atoms with Crippen molar-refractivity contribution in [2.75, 3.05) is 7.11 Å². The van der Waals surface area contributed by atoms with Crippen LogP contribution in [0.2, 0.25) is 0 Å². The van der Waals surface area contributed by atoms with Crippen molar-refractivity contribution in [1.29, 1.82) is 0 Å². The summed E-state index contributed by atoms with van der Waals surface area (Å²) in [6.07, 6.45) is 1.60. The lowest BCUT2D eigenvalue weighted by molar-refractivity contribution is 0.376. The fourth-order valence-electron chi connectivity index (χ4n) is 2.93. The van der Waals surface area contributed by atoms with E-state index in [4.69, 9.17) is 10.5 Å². The van der Waals surface area contributed by atoms with E-state index >= 15 is 0 Å². The fraction of sp³-hybridized carbons (Fsp3) is 0.250. The Labute approximate surface area is 112 Å². The molecule has 0 amide bonds. The topological polar surface area (TPSA) is 35.2 Å². The van der Waals surface area contributed by atoms with Crippen LogP contribution < -0.4 is 10.5 Å². The lowest BCUT2D eigenvalue weighted by atomic mass is 9.85. The van der Waals surface area contributed by atoms with Crippen LogP contribution >= 0.6 is 0 Å². The van der Waals surface area contributed by atoms with Crippen molar-refractivity contribution in [3.8, 4) is 5.75 Å². The molecule has 0 spiro atoms. The number of ether oxygens (including phenoxy) is 1. The first-order valence-electron chi connectivity index (χ1n) is 6.37. The summed E-state index contributed by atoms with van der Waals surface area (Å²) in [5.41, 5.74) is 8.49. The molecule has 0 bridgehead atoms. The van der Waals surface area contributed by atoms with E-state index in [9.17, 15) is 4.39 Å². The summed E-state index contributed by atoms with van der Waals surface area (Å²) in [5.74, 6) is -0.115. The number of aryl methyl sites for hydroxylation is 1. The van der Waals surface area contributed by atoms with Crippen molar-refractivity contribution >= 4 is 0 Å². The minimum Gasteiger partial charge on any atom is -0.494 e. The standard InChI is InChI=1S/C16H16FNO/c1-19-14-8-4-7-13(15(14)17)16(18)10-9-11-5-2-3-6-12(11)16/h2-8H,9-10,18H2,1H3. The van der Waals surface area contributed by atoms with Gasteiger partial charge in [0.1, 0.15) is 0 Å². The molecular weight excluding hydrogens is 241 g/mol. The third-order valence-electron chi connectivity index (χ3n) is 3.95. The average molecular weight is 257 g/mol. The molecule has 3 heteroatoms. The highest BCUT2D eigenvalue weighted by molar-refractivity contribution is 5.49. The van der Waals surface area contributed by atoms with E-state index in [1.54, 1.807) is 18.2 Å². The maximum atomic E-state index is 14.5. The van der Waals surface area contributed by atoms with Gasteiger partial charge in [0.15, 0.2) is 11.6 Å². The van der Waals surface area contributed by atoms with E-state index in [1.807, 2.05) is 18.2 Å². The molecule has 98 valence electrons. The molecule has 0 radical (unpaired) electrons. The van der Waals surface area contributed by atoms with E-state index in [2.05, 4.69) is 6.07 Å². The monoisotopic (exact) mass is 257 g/mol. The Morgan fingerprint density at radius 1 is 1.11 bits per heavy atom. The largest absolute Gasteiger partial charge is 0.494 e. The Hall–Kier alpha value is -1.87. The maximum absolute atomic E-state index is 14.5. The smallest absolute Gasteiger partial charge is 0.170 e. The third-order valence-corrected chi connectivity index (χ3v) is 3.95. The number of methoxy groups -OCH3 is 1. The highest BCUT2D eigenvalue weighted by Crippen LogP contribution is 2.42. The predicted molar refractivity (Wildman–Crippen MR) is 72.7 cm³/mol. The summed E-state index contributed by atoms with van der Waals surface area (Å²) in [6, 6.07) is 13.1. The van der Waals surface area contributed by atoms with Gasteiger partial charge < -0.3 is 10.5 Å². The zero-order valence-electron chi connectivity index (χ0n) is 10.8. The van der Waals surface area contributed by atoms with Gasteiger partial charge in [0.05, 0.1) is 12.6 Å². The molecule has 3 rings (SSSR count). The summed E-state index contributed by atoms with van der Waals surface area (Å²) >= 11 is 0. The molecule has 2 aromatic rings. The van der Waals surface area contributed by atoms with Crippen LogP contribution in [0.15, 0.2) is 42.5 Å². The van der Waals surface area contributed by atoms with Crippen LogP contribution in [0.4, 0.5) is 4.39 Å². The van der Waals surface area contributed by atoms with Crippen molar-refractivity contribution < 1.29 is 9.13 Å². The molecule has 1 unspecified atom stereocenters. The first-order chi connectivity index (χ1) is 9.16. The summed E-state index contributed by atoms with van der Waals surface area (Å²) < 4.78 is 19.5. The van der Waals surface area contributed by atoms with E-state index in [0.717, 1.165) is 18.4 Å². The number of hydrogen-bond acceptors (Lipinski definition) is 2. The van der Waals surface area contributed by atoms with Gasteiger partial charge in [-0.1, -0.05) is 36.4 Å². The van der Waals surface area contributed by atoms with Gasteiger partial charge in [0, 0.05) is 5.56 Å². The minimum atomic E-state index is -0.755. The van der Waals surface area contributed by atoms with Crippen LogP contribution in [0, 0.1) is 5.82 Å². The van der Waals surface area contributed by atoms with Gasteiger partial charge in [-0.3, -0.25) is 0 Å². The van der Waals surface area contributed by atoms with E-state index in [1.165, 1.54) is 12.7 Å². The second-order valence-corrected chi connectivity index (χ2v) is 4.95. The van der Waals surface area contributed by atoms with Crippen LogP contribution in [-0.2, 0) is 12.0 Å². The van der Waals surface area contributed by atoms with Gasteiger partial charge in [0.2, 0.25) is 0 Å². The number of hydrogen-bond donors (Lipinski definition) is 1. The minimum absolute atomic E-state index is 0.242. The quantitative estimate of drug-likeness (QED) is 0.897. The Morgan fingerprint density at radius 2 is 1.84 bits per heavy atom. The summed E-state index contributed by atoms with van der Waals surface area (Å²) in [6.45, 7) is 0. The molecule has 2 nitrogen and oxygen atoms in total. The number of nitrogens with two attached hydrogens (primary N) is 1. The fourth-order valence-corrected chi connectivity index (χ4v) is 2.93. The third kappa shape index (κ3) is 1.73. The molecule has 0 fully saturated rings. The molecule has 19 heavy (non-hydrogen) atoms. The lowest BCUT2D eigenvalue weighted by Crippen LogP contribution is -2.36. The van der Waals surface area contributed by atoms with Crippen molar-refractivity contribution in [2.45, 2.75) is 18.4 Å². The van der Waals surface area contributed by atoms with Crippen molar-refractivity contribution in [2.24, 2.45) is 5.73 Å². The molecule has 0 aromatic heterocycles. The SMILES string of the molecule is COc1cccc(C2(N)CCc3ccccc32)c1F. The normalized spacial score (nSPS) is 21.2.